The van der Waals surface area contributed by atoms with Crippen LogP contribution in [0, 0.1) is 6.92 Å². The number of rotatable bonds is 6. The maximum Gasteiger partial charge on any atom is 0.329 e. The maximum atomic E-state index is 12.8. The third-order valence-corrected chi connectivity index (χ3v) is 5.11. The molecule has 1 aliphatic heterocycles. The summed E-state index contributed by atoms with van der Waals surface area (Å²) in [6.45, 7) is 1.48. The number of benzene rings is 2. The van der Waals surface area contributed by atoms with Gasteiger partial charge in [0.25, 0.3) is 5.91 Å². The Hall–Kier alpha value is -4.33. The van der Waals surface area contributed by atoms with E-state index in [-0.39, 0.29) is 12.2 Å². The van der Waals surface area contributed by atoms with E-state index in [0.717, 1.165) is 21.9 Å². The predicted molar refractivity (Wildman–Crippen MR) is 120 cm³/mol. The molecule has 1 saturated heterocycles. The summed E-state index contributed by atoms with van der Waals surface area (Å²) in [7, 11) is 1.60. The SMILES string of the molecule is COc1ccc(-n2cccc2/C=C2/NC(=O)N(CC(=O)Nc3ccccc3C)C2=O)cc1. The zero-order chi connectivity index (χ0) is 22.7. The topological polar surface area (TPSA) is 92.7 Å². The van der Waals surface area contributed by atoms with Gasteiger partial charge >= 0.3 is 6.03 Å². The maximum absolute atomic E-state index is 12.8. The van der Waals surface area contributed by atoms with Crippen LogP contribution in [0.2, 0.25) is 0 Å². The Morgan fingerprint density at radius 1 is 1.06 bits per heavy atom. The van der Waals surface area contributed by atoms with E-state index in [1.165, 1.54) is 0 Å². The van der Waals surface area contributed by atoms with E-state index in [1.54, 1.807) is 25.3 Å². The Balaban J connectivity index is 1.50. The Morgan fingerprint density at radius 3 is 2.53 bits per heavy atom. The molecule has 2 heterocycles. The average Bonchev–Trinajstić information content (AvgIpc) is 3.35. The summed E-state index contributed by atoms with van der Waals surface area (Å²) in [4.78, 5) is 38.5. The highest BCUT2D eigenvalue weighted by atomic mass is 16.5. The number of aromatic nitrogens is 1. The smallest absolute Gasteiger partial charge is 0.329 e. The van der Waals surface area contributed by atoms with Gasteiger partial charge in [-0.1, -0.05) is 18.2 Å². The molecule has 4 amide bonds. The molecule has 0 bridgehead atoms. The fourth-order valence-corrected chi connectivity index (χ4v) is 3.40. The molecule has 2 N–H and O–H groups in total. The van der Waals surface area contributed by atoms with Gasteiger partial charge in [0.1, 0.15) is 18.0 Å². The van der Waals surface area contributed by atoms with Gasteiger partial charge in [-0.2, -0.15) is 0 Å². The van der Waals surface area contributed by atoms with Crippen molar-refractivity contribution in [1.82, 2.24) is 14.8 Å². The molecule has 1 fully saturated rings. The number of para-hydroxylation sites is 1. The Labute approximate surface area is 185 Å². The lowest BCUT2D eigenvalue weighted by atomic mass is 10.2. The van der Waals surface area contributed by atoms with E-state index >= 15 is 0 Å². The van der Waals surface area contributed by atoms with E-state index in [0.29, 0.717) is 11.4 Å². The first-order valence-corrected chi connectivity index (χ1v) is 9.98. The van der Waals surface area contributed by atoms with Crippen molar-refractivity contribution >= 4 is 29.6 Å². The molecule has 4 rings (SSSR count). The number of methoxy groups -OCH3 is 1. The summed E-state index contributed by atoms with van der Waals surface area (Å²) in [5.74, 6) is -0.276. The molecule has 0 atom stereocenters. The third-order valence-electron chi connectivity index (χ3n) is 5.11. The van der Waals surface area contributed by atoms with Crippen molar-refractivity contribution in [1.29, 1.82) is 0 Å². The minimum absolute atomic E-state index is 0.104. The molecular weight excluding hydrogens is 408 g/mol. The highest BCUT2D eigenvalue weighted by Crippen LogP contribution is 2.21. The van der Waals surface area contributed by atoms with Gasteiger partial charge in [-0.15, -0.1) is 0 Å². The molecule has 32 heavy (non-hydrogen) atoms. The highest BCUT2D eigenvalue weighted by Gasteiger charge is 2.35. The van der Waals surface area contributed by atoms with Crippen molar-refractivity contribution in [3.05, 3.63) is 83.8 Å². The van der Waals surface area contributed by atoms with Crippen LogP contribution >= 0.6 is 0 Å². The van der Waals surface area contributed by atoms with Crippen LogP contribution in [0.1, 0.15) is 11.3 Å². The minimum Gasteiger partial charge on any atom is -0.497 e. The summed E-state index contributed by atoms with van der Waals surface area (Å²) >= 11 is 0. The standard InChI is InChI=1S/C24H22N4O4/c1-16-6-3-4-8-20(16)25-22(29)15-28-23(30)21(26-24(28)31)14-18-7-5-13-27(18)17-9-11-19(32-2)12-10-17/h3-14H,15H2,1-2H3,(H,25,29)(H,26,31)/b21-14+. The van der Waals surface area contributed by atoms with E-state index < -0.39 is 17.8 Å². The Morgan fingerprint density at radius 2 is 1.81 bits per heavy atom. The number of hydrogen-bond donors (Lipinski definition) is 2. The number of ether oxygens (including phenoxy) is 1. The zero-order valence-corrected chi connectivity index (χ0v) is 17.7. The van der Waals surface area contributed by atoms with E-state index in [9.17, 15) is 14.4 Å². The second-order valence-corrected chi connectivity index (χ2v) is 7.24. The molecule has 0 aliphatic carbocycles. The summed E-state index contributed by atoms with van der Waals surface area (Å²) in [6, 6.07) is 17.8. The van der Waals surface area contributed by atoms with Crippen molar-refractivity contribution < 1.29 is 19.1 Å². The summed E-state index contributed by atoms with van der Waals surface area (Å²) in [5.41, 5.74) is 3.20. The molecule has 0 unspecified atom stereocenters. The number of nitrogens with one attached hydrogen (secondary N) is 2. The first kappa shape index (κ1) is 20.9. The van der Waals surface area contributed by atoms with Crippen LogP contribution in [0.5, 0.6) is 5.75 Å². The first-order chi connectivity index (χ1) is 15.5. The van der Waals surface area contributed by atoms with Gasteiger partial charge < -0.3 is 19.9 Å². The molecular formula is C24H22N4O4. The normalized spacial score (nSPS) is 14.6. The quantitative estimate of drug-likeness (QED) is 0.464. The molecule has 3 aromatic rings. The molecule has 162 valence electrons. The van der Waals surface area contributed by atoms with Crippen LogP contribution in [0.4, 0.5) is 10.5 Å². The van der Waals surface area contributed by atoms with Gasteiger partial charge in [0.15, 0.2) is 0 Å². The van der Waals surface area contributed by atoms with Crippen molar-refractivity contribution in [3.63, 3.8) is 0 Å². The van der Waals surface area contributed by atoms with Gasteiger partial charge in [-0.25, -0.2) is 9.69 Å². The second kappa shape index (κ2) is 8.81. The molecule has 1 aromatic heterocycles. The Bertz CT molecular complexity index is 1210. The Kier molecular flexibility index (Phi) is 5.76. The monoisotopic (exact) mass is 430 g/mol. The van der Waals surface area contributed by atoms with Crippen LogP contribution in [-0.2, 0) is 9.59 Å². The number of amides is 4. The molecule has 0 spiro atoms. The average molecular weight is 430 g/mol. The van der Waals surface area contributed by atoms with Crippen molar-refractivity contribution in [2.75, 3.05) is 19.0 Å². The number of hydrogen-bond acceptors (Lipinski definition) is 4. The number of carbonyl (C=O) groups excluding carboxylic acids is 3. The highest BCUT2D eigenvalue weighted by molar-refractivity contribution is 6.15. The van der Waals surface area contributed by atoms with Crippen LogP contribution in [0.3, 0.4) is 0 Å². The third kappa shape index (κ3) is 4.24. The lowest BCUT2D eigenvalue weighted by Crippen LogP contribution is -2.38. The molecule has 0 radical (unpaired) electrons. The van der Waals surface area contributed by atoms with Gasteiger partial charge in [-0.05, 0) is 61.0 Å². The first-order valence-electron chi connectivity index (χ1n) is 9.98. The molecule has 8 heteroatoms. The minimum atomic E-state index is -0.635. The number of urea groups is 1. The lowest BCUT2D eigenvalue weighted by Gasteiger charge is -2.13. The summed E-state index contributed by atoms with van der Waals surface area (Å²) in [5, 5.41) is 5.29. The van der Waals surface area contributed by atoms with E-state index in [2.05, 4.69) is 10.6 Å². The van der Waals surface area contributed by atoms with Gasteiger partial charge in [0, 0.05) is 23.3 Å². The fourth-order valence-electron chi connectivity index (χ4n) is 3.40. The zero-order valence-electron chi connectivity index (χ0n) is 17.7. The van der Waals surface area contributed by atoms with Crippen LogP contribution < -0.4 is 15.4 Å². The fraction of sp³-hybridized carbons (Fsp3) is 0.125. The number of anilines is 1. The van der Waals surface area contributed by atoms with Crippen LogP contribution in [0.25, 0.3) is 11.8 Å². The summed E-state index contributed by atoms with van der Waals surface area (Å²) in [6.07, 6.45) is 3.44. The number of imide groups is 1. The van der Waals surface area contributed by atoms with Crippen LogP contribution in [0.15, 0.2) is 72.6 Å². The molecule has 2 aromatic carbocycles. The van der Waals surface area contributed by atoms with Crippen LogP contribution in [-0.4, -0.2) is 41.0 Å². The summed E-state index contributed by atoms with van der Waals surface area (Å²) < 4.78 is 7.06. The molecule has 8 nitrogen and oxygen atoms in total. The molecule has 1 aliphatic rings. The largest absolute Gasteiger partial charge is 0.497 e. The van der Waals surface area contributed by atoms with E-state index in [4.69, 9.17) is 4.74 Å². The van der Waals surface area contributed by atoms with E-state index in [1.807, 2.05) is 66.2 Å². The predicted octanol–water partition coefficient (Wildman–Crippen LogP) is 3.33. The van der Waals surface area contributed by atoms with Crippen molar-refractivity contribution in [2.24, 2.45) is 0 Å². The van der Waals surface area contributed by atoms with Gasteiger partial charge in [-0.3, -0.25) is 9.59 Å². The van der Waals surface area contributed by atoms with Crippen molar-refractivity contribution in [2.45, 2.75) is 6.92 Å². The lowest BCUT2D eigenvalue weighted by molar-refractivity contribution is -0.127. The number of nitrogens with zero attached hydrogens (tertiary/aromatic N) is 2. The van der Waals surface area contributed by atoms with Gasteiger partial charge in [0.05, 0.1) is 7.11 Å². The van der Waals surface area contributed by atoms with Gasteiger partial charge in [0.2, 0.25) is 5.91 Å². The van der Waals surface area contributed by atoms with Crippen molar-refractivity contribution in [3.8, 4) is 11.4 Å². The second-order valence-electron chi connectivity index (χ2n) is 7.24. The number of carbonyl (C=O) groups is 3. The number of aryl methyl sites for hydroxylation is 1. The molecule has 0 saturated carbocycles.